The SMILES string of the molecule is c1ccc(-c2ccccc2N2c3ccc(-c4cccc5c4c4ccccc4n5-c4ccccc4)cc3B3c4cc(-c5cccc6c5c5ccccc5n6-c5ccccc5)ccc4N(c4c(-c5ccccc5)cccc4-c4ccccc4)c4cc(-c5ccc6oc7ccccc7c6c5)cc2c43)cc1. The molecule has 0 N–H and O–H groups in total. The number of aromatic nitrogens is 2. The Morgan fingerprint density at radius 3 is 1.21 bits per heavy atom. The summed E-state index contributed by atoms with van der Waals surface area (Å²) in [5.41, 5.74) is 32.5. The normalized spacial score (nSPS) is 12.5. The van der Waals surface area contributed by atoms with E-state index >= 15 is 0 Å². The highest BCUT2D eigenvalue weighted by atomic mass is 16.3. The van der Waals surface area contributed by atoms with Crippen LogP contribution in [-0.2, 0) is 0 Å². The lowest BCUT2D eigenvalue weighted by atomic mass is 9.33. The molecule has 0 amide bonds. The van der Waals surface area contributed by atoms with Gasteiger partial charge >= 0.3 is 0 Å². The minimum Gasteiger partial charge on any atom is -0.456 e. The molecule has 3 aromatic heterocycles. The zero-order chi connectivity index (χ0) is 66.9. The van der Waals surface area contributed by atoms with Crippen LogP contribution in [-0.4, -0.2) is 15.8 Å². The van der Waals surface area contributed by atoms with E-state index in [0.717, 1.165) is 134 Å². The first-order chi connectivity index (χ1) is 50.6. The van der Waals surface area contributed by atoms with Gasteiger partial charge in [-0.25, -0.2) is 0 Å². The molecule has 0 radical (unpaired) electrons. The number of hydrogen-bond acceptors (Lipinski definition) is 3. The second-order valence-corrected chi connectivity index (χ2v) is 27.0. The fourth-order valence-corrected chi connectivity index (χ4v) is 17.2. The van der Waals surface area contributed by atoms with E-state index in [1.54, 1.807) is 0 Å². The summed E-state index contributed by atoms with van der Waals surface area (Å²) in [5.74, 6) is 0. The highest BCUT2D eigenvalue weighted by Crippen LogP contribution is 2.54. The van der Waals surface area contributed by atoms with Crippen molar-refractivity contribution in [1.29, 1.82) is 0 Å². The zero-order valence-corrected chi connectivity index (χ0v) is 55.5. The van der Waals surface area contributed by atoms with Crippen LogP contribution in [0.3, 0.4) is 0 Å². The van der Waals surface area contributed by atoms with Gasteiger partial charge in [-0.05, 0) is 164 Å². The van der Waals surface area contributed by atoms with Crippen molar-refractivity contribution in [1.82, 2.24) is 9.13 Å². The number of benzene rings is 16. The van der Waals surface area contributed by atoms with Crippen molar-refractivity contribution in [3.8, 4) is 78.1 Å². The van der Waals surface area contributed by atoms with Gasteiger partial charge in [0.15, 0.2) is 0 Å². The molecule has 16 aromatic carbocycles. The van der Waals surface area contributed by atoms with Gasteiger partial charge in [0.25, 0.3) is 6.71 Å². The molecule has 19 aromatic rings. The Morgan fingerprint density at radius 1 is 0.225 bits per heavy atom. The summed E-state index contributed by atoms with van der Waals surface area (Å²) < 4.78 is 11.5. The smallest absolute Gasteiger partial charge is 0.252 e. The summed E-state index contributed by atoms with van der Waals surface area (Å²) >= 11 is 0. The molecular weight excluding hydrogens is 1240 g/mol. The molecule has 5 nitrogen and oxygen atoms in total. The third kappa shape index (κ3) is 8.86. The lowest BCUT2D eigenvalue weighted by Gasteiger charge is -2.45. The Kier molecular flexibility index (Phi) is 13.1. The highest BCUT2D eigenvalue weighted by Gasteiger charge is 2.45. The van der Waals surface area contributed by atoms with Gasteiger partial charge in [-0.1, -0.05) is 273 Å². The molecule has 102 heavy (non-hydrogen) atoms. The Labute approximate surface area is 590 Å². The van der Waals surface area contributed by atoms with Gasteiger partial charge in [0.05, 0.1) is 33.4 Å². The third-order valence-corrected chi connectivity index (χ3v) is 21.5. The molecular formula is C96H61BN4O. The first kappa shape index (κ1) is 57.6. The van der Waals surface area contributed by atoms with Crippen molar-refractivity contribution in [2.75, 3.05) is 9.80 Å². The van der Waals surface area contributed by atoms with E-state index in [0.29, 0.717) is 0 Å². The average molecular weight is 1300 g/mol. The van der Waals surface area contributed by atoms with Gasteiger partial charge in [-0.3, -0.25) is 0 Å². The summed E-state index contributed by atoms with van der Waals surface area (Å²) in [5, 5.41) is 7.03. The third-order valence-electron chi connectivity index (χ3n) is 21.5. The van der Waals surface area contributed by atoms with Crippen molar-refractivity contribution in [2.24, 2.45) is 0 Å². The number of hydrogen-bond donors (Lipinski definition) is 0. The molecule has 21 rings (SSSR count). The lowest BCUT2D eigenvalue weighted by molar-refractivity contribution is 0.669. The predicted molar refractivity (Wildman–Crippen MR) is 429 cm³/mol. The van der Waals surface area contributed by atoms with Gasteiger partial charge in [0, 0.05) is 83.1 Å². The van der Waals surface area contributed by atoms with Gasteiger partial charge < -0.3 is 23.4 Å². The monoisotopic (exact) mass is 1300 g/mol. The van der Waals surface area contributed by atoms with Crippen LogP contribution in [0.1, 0.15) is 0 Å². The molecule has 0 spiro atoms. The molecule has 0 aliphatic carbocycles. The van der Waals surface area contributed by atoms with E-state index in [2.05, 4.69) is 389 Å². The quantitative estimate of drug-likeness (QED) is 0.128. The van der Waals surface area contributed by atoms with E-state index in [1.165, 1.54) is 60.1 Å². The summed E-state index contributed by atoms with van der Waals surface area (Å²) in [6.07, 6.45) is 0. The topological polar surface area (TPSA) is 29.5 Å². The first-order valence-corrected chi connectivity index (χ1v) is 35.2. The fraction of sp³-hybridized carbons (Fsp3) is 0. The van der Waals surface area contributed by atoms with Gasteiger partial charge in [-0.2, -0.15) is 0 Å². The molecule has 0 saturated carbocycles. The maximum Gasteiger partial charge on any atom is 0.252 e. The maximum absolute atomic E-state index is 6.59. The van der Waals surface area contributed by atoms with Crippen LogP contribution in [0.2, 0.25) is 0 Å². The Balaban J connectivity index is 0.915. The molecule has 0 fully saturated rings. The van der Waals surface area contributed by atoms with Crippen molar-refractivity contribution >= 4 is 123 Å². The molecule has 2 aliphatic rings. The maximum atomic E-state index is 6.59. The minimum absolute atomic E-state index is 0.301. The zero-order valence-electron chi connectivity index (χ0n) is 55.5. The second-order valence-electron chi connectivity index (χ2n) is 27.0. The van der Waals surface area contributed by atoms with Gasteiger partial charge in [0.1, 0.15) is 11.2 Å². The molecule has 0 atom stereocenters. The molecule has 474 valence electrons. The Hall–Kier alpha value is -13.4. The van der Waals surface area contributed by atoms with Crippen molar-refractivity contribution < 1.29 is 4.42 Å². The number of rotatable bonds is 10. The van der Waals surface area contributed by atoms with E-state index in [4.69, 9.17) is 4.42 Å². The van der Waals surface area contributed by atoms with Crippen LogP contribution in [0.25, 0.3) is 144 Å². The molecule has 0 bridgehead atoms. The van der Waals surface area contributed by atoms with Crippen LogP contribution < -0.4 is 26.2 Å². The summed E-state index contributed by atoms with van der Waals surface area (Å²) in [7, 11) is 0. The average Bonchev–Trinajstić information content (AvgIpc) is 0.916. The van der Waals surface area contributed by atoms with Crippen molar-refractivity contribution in [2.45, 2.75) is 0 Å². The van der Waals surface area contributed by atoms with Crippen LogP contribution >= 0.6 is 0 Å². The van der Waals surface area contributed by atoms with E-state index < -0.39 is 0 Å². The largest absolute Gasteiger partial charge is 0.456 e. The van der Waals surface area contributed by atoms with E-state index in [9.17, 15) is 0 Å². The van der Waals surface area contributed by atoms with E-state index in [-0.39, 0.29) is 6.71 Å². The standard InChI is InChI=1S/C96H61BN4O/c1-6-27-62(28-7-1)71-37-16-20-45-82(71)100-85-54-51-66(72-41-25-48-87-93(72)77-39-17-21-46-83(77)98(87)69-33-12-4-13-34-69)58-80(85)97-81-59-67(73-42-26-49-88-94(73)78-40-18-22-47-84(78)99(88)70-35-14-5-15-36-70)52-55-86(81)101(96-74(63-29-8-2-9-30-63)43-24-44-75(96)64-31-10-3-11-32-64)90-61-68(60-89(100)95(90)97)65-53-56-92-79(57-65)76-38-19-23-50-91(76)102-92/h1-61H. The number of anilines is 6. The van der Waals surface area contributed by atoms with Gasteiger partial charge in [-0.15, -0.1) is 0 Å². The van der Waals surface area contributed by atoms with Crippen molar-refractivity contribution in [3.63, 3.8) is 0 Å². The number of fused-ring (bicyclic) bond motifs is 13. The van der Waals surface area contributed by atoms with E-state index in [1.807, 2.05) is 0 Å². The summed E-state index contributed by atoms with van der Waals surface area (Å²) in [6, 6.07) is 137. The minimum atomic E-state index is -0.301. The second kappa shape index (κ2) is 23.1. The molecule has 2 aliphatic heterocycles. The summed E-state index contributed by atoms with van der Waals surface area (Å²) in [6.45, 7) is -0.301. The van der Waals surface area contributed by atoms with Crippen LogP contribution in [0.4, 0.5) is 34.1 Å². The molecule has 0 unspecified atom stereocenters. The Morgan fingerprint density at radius 2 is 0.637 bits per heavy atom. The lowest BCUT2D eigenvalue weighted by Crippen LogP contribution is -2.61. The van der Waals surface area contributed by atoms with Crippen molar-refractivity contribution in [3.05, 3.63) is 370 Å². The number of para-hydroxylation sites is 7. The molecule has 0 saturated heterocycles. The highest BCUT2D eigenvalue weighted by molar-refractivity contribution is 7.00. The molecule has 5 heterocycles. The molecule has 6 heteroatoms. The first-order valence-electron chi connectivity index (χ1n) is 35.2. The Bertz CT molecular complexity index is 6520. The van der Waals surface area contributed by atoms with Crippen LogP contribution in [0.5, 0.6) is 0 Å². The number of furan rings is 1. The van der Waals surface area contributed by atoms with Gasteiger partial charge in [0.2, 0.25) is 0 Å². The predicted octanol–water partition coefficient (Wildman–Crippen LogP) is 23.9. The van der Waals surface area contributed by atoms with Crippen LogP contribution in [0.15, 0.2) is 374 Å². The van der Waals surface area contributed by atoms with Crippen LogP contribution in [0, 0.1) is 0 Å². The summed E-state index contributed by atoms with van der Waals surface area (Å²) in [4.78, 5) is 5.27. The fourth-order valence-electron chi connectivity index (χ4n) is 17.2. The number of nitrogens with zero attached hydrogens (tertiary/aromatic N) is 4.